The predicted octanol–water partition coefficient (Wildman–Crippen LogP) is 6.72. The van der Waals surface area contributed by atoms with Gasteiger partial charge in [-0.2, -0.15) is 0 Å². The minimum atomic E-state index is -0.0232. The Kier molecular flexibility index (Phi) is 5.46. The predicted molar refractivity (Wildman–Crippen MR) is 133 cm³/mol. The molecule has 0 N–H and O–H groups in total. The summed E-state index contributed by atoms with van der Waals surface area (Å²) in [5, 5.41) is 2.25. The summed E-state index contributed by atoms with van der Waals surface area (Å²) < 4.78 is 0. The number of rotatable bonds is 5. The molecule has 32 heavy (non-hydrogen) atoms. The van der Waals surface area contributed by atoms with Crippen LogP contribution in [0.3, 0.4) is 0 Å². The van der Waals surface area contributed by atoms with E-state index < -0.39 is 0 Å². The number of hydrogen-bond donors (Lipinski definition) is 0. The van der Waals surface area contributed by atoms with Gasteiger partial charge in [0.05, 0.1) is 15.6 Å². The zero-order valence-corrected chi connectivity index (χ0v) is 20.6. The highest BCUT2D eigenvalue weighted by Gasteiger charge is 2.22. The lowest BCUT2D eigenvalue weighted by molar-refractivity contribution is 0.0986. The van der Waals surface area contributed by atoms with Crippen LogP contribution in [0.2, 0.25) is 0 Å². The Labute approximate surface area is 196 Å². The molecular formula is C26H27N3OS2. The zero-order chi connectivity index (χ0) is 22.5. The molecule has 0 bridgehead atoms. The normalized spacial score (nSPS) is 13.6. The molecule has 1 aliphatic rings. The number of thiophene rings is 1. The van der Waals surface area contributed by atoms with Gasteiger partial charge in [0.25, 0.3) is 0 Å². The third-order valence-electron chi connectivity index (χ3n) is 6.16. The van der Waals surface area contributed by atoms with Gasteiger partial charge in [-0.15, -0.1) is 22.7 Å². The van der Waals surface area contributed by atoms with E-state index in [0.717, 1.165) is 38.8 Å². The Morgan fingerprint density at radius 2 is 1.94 bits per heavy atom. The number of hydrogen-bond acceptors (Lipinski definition) is 6. The first-order chi connectivity index (χ1) is 15.3. The number of carbonyl (C=O) groups is 1. The van der Waals surface area contributed by atoms with Crippen LogP contribution >= 0.6 is 22.7 Å². The molecule has 1 aliphatic carbocycles. The summed E-state index contributed by atoms with van der Waals surface area (Å²) in [6.45, 7) is 8.51. The number of carbonyl (C=O) groups excluding carboxylic acids is 1. The average molecular weight is 462 g/mol. The van der Waals surface area contributed by atoms with Crippen LogP contribution in [0.4, 0.5) is 0 Å². The second-order valence-corrected chi connectivity index (χ2v) is 11.7. The van der Waals surface area contributed by atoms with E-state index in [9.17, 15) is 4.79 Å². The van der Waals surface area contributed by atoms with Crippen molar-refractivity contribution in [2.75, 3.05) is 0 Å². The third kappa shape index (κ3) is 3.90. The minimum Gasteiger partial charge on any atom is -0.293 e. The molecule has 3 heterocycles. The highest BCUT2D eigenvalue weighted by Crippen LogP contribution is 2.40. The van der Waals surface area contributed by atoms with Crippen molar-refractivity contribution in [1.82, 2.24) is 15.0 Å². The Hall–Kier alpha value is -2.44. The number of Topliss-reactive ketones (excluding diaryl/α,β-unsaturated/α-hetero) is 1. The Morgan fingerprint density at radius 1 is 1.09 bits per heavy atom. The van der Waals surface area contributed by atoms with Crippen molar-refractivity contribution in [1.29, 1.82) is 0 Å². The lowest BCUT2D eigenvalue weighted by atomic mass is 9.97. The summed E-state index contributed by atoms with van der Waals surface area (Å²) in [5.74, 6) is 0.174. The van der Waals surface area contributed by atoms with Gasteiger partial charge in [0, 0.05) is 33.9 Å². The SMILES string of the molecule is Cc1cc(-c2ncnc3sc4c(c23)CCC4)ccc1CCC(=O)c1cnc(C(C)(C)C)s1. The first-order valence-corrected chi connectivity index (χ1v) is 12.8. The first-order valence-electron chi connectivity index (χ1n) is 11.2. The van der Waals surface area contributed by atoms with Gasteiger partial charge < -0.3 is 0 Å². The summed E-state index contributed by atoms with van der Waals surface area (Å²) in [6.07, 6.45) is 8.19. The molecule has 6 heteroatoms. The lowest BCUT2D eigenvalue weighted by Crippen LogP contribution is -2.09. The van der Waals surface area contributed by atoms with Crippen LogP contribution < -0.4 is 0 Å². The molecule has 5 rings (SSSR count). The van der Waals surface area contributed by atoms with Gasteiger partial charge in [0.2, 0.25) is 0 Å². The van der Waals surface area contributed by atoms with Gasteiger partial charge in [-0.25, -0.2) is 15.0 Å². The van der Waals surface area contributed by atoms with Crippen LogP contribution in [0.1, 0.15) is 69.9 Å². The van der Waals surface area contributed by atoms with E-state index in [-0.39, 0.29) is 11.2 Å². The molecule has 0 aliphatic heterocycles. The number of benzene rings is 1. The molecular weight excluding hydrogens is 434 g/mol. The van der Waals surface area contributed by atoms with Crippen LogP contribution in [-0.2, 0) is 24.7 Å². The maximum absolute atomic E-state index is 12.7. The lowest BCUT2D eigenvalue weighted by Gasteiger charge is -2.13. The smallest absolute Gasteiger partial charge is 0.174 e. The molecule has 3 aromatic heterocycles. The van der Waals surface area contributed by atoms with Crippen LogP contribution in [0, 0.1) is 6.92 Å². The Balaban J connectivity index is 1.36. The minimum absolute atomic E-state index is 0.0232. The molecule has 164 valence electrons. The standard InChI is InChI=1S/C26H27N3OS2/c1-15-12-17(23-22-18-6-5-7-20(18)31-24(22)29-14-28-23)9-8-16(15)10-11-19(30)21-13-27-25(32-21)26(2,3)4/h8-9,12-14H,5-7,10-11H2,1-4H3. The van der Waals surface area contributed by atoms with Gasteiger partial charge >= 0.3 is 0 Å². The zero-order valence-electron chi connectivity index (χ0n) is 19.0. The summed E-state index contributed by atoms with van der Waals surface area (Å²) in [5.41, 5.74) is 6.02. The topological polar surface area (TPSA) is 55.7 Å². The van der Waals surface area contributed by atoms with Crippen molar-refractivity contribution in [2.24, 2.45) is 0 Å². The number of nitrogens with zero attached hydrogens (tertiary/aromatic N) is 3. The molecule has 0 amide bonds. The Morgan fingerprint density at radius 3 is 2.69 bits per heavy atom. The van der Waals surface area contributed by atoms with Crippen LogP contribution in [0.15, 0.2) is 30.7 Å². The maximum atomic E-state index is 12.7. The van der Waals surface area contributed by atoms with Gasteiger partial charge in [0.15, 0.2) is 5.78 Å². The largest absolute Gasteiger partial charge is 0.293 e. The second kappa shape index (κ2) is 8.16. The summed E-state index contributed by atoms with van der Waals surface area (Å²) in [7, 11) is 0. The monoisotopic (exact) mass is 461 g/mol. The van der Waals surface area contributed by atoms with Crippen molar-refractivity contribution in [3.63, 3.8) is 0 Å². The first kappa shape index (κ1) is 21.4. The molecule has 0 saturated heterocycles. The van der Waals surface area contributed by atoms with Gasteiger partial charge in [0.1, 0.15) is 11.2 Å². The number of thiazole rings is 1. The molecule has 4 aromatic rings. The fourth-order valence-electron chi connectivity index (χ4n) is 4.39. The number of aryl methyl sites for hydroxylation is 4. The number of aromatic nitrogens is 3. The fraction of sp³-hybridized carbons (Fsp3) is 0.385. The third-order valence-corrected chi connectivity index (χ3v) is 8.82. The molecule has 0 saturated carbocycles. The van der Waals surface area contributed by atoms with E-state index in [4.69, 9.17) is 0 Å². The van der Waals surface area contributed by atoms with Crippen LogP contribution in [0.25, 0.3) is 21.5 Å². The molecule has 1 aromatic carbocycles. The highest BCUT2D eigenvalue weighted by atomic mass is 32.1. The molecule has 4 nitrogen and oxygen atoms in total. The van der Waals surface area contributed by atoms with Gasteiger partial charge in [-0.1, -0.05) is 32.9 Å². The highest BCUT2D eigenvalue weighted by molar-refractivity contribution is 7.19. The average Bonchev–Trinajstić information content (AvgIpc) is 3.47. The van der Waals surface area contributed by atoms with Crippen molar-refractivity contribution in [2.45, 2.75) is 65.2 Å². The van der Waals surface area contributed by atoms with Crippen molar-refractivity contribution >= 4 is 38.7 Å². The molecule has 0 spiro atoms. The quantitative estimate of drug-likeness (QED) is 0.309. The summed E-state index contributed by atoms with van der Waals surface area (Å²) in [6, 6.07) is 6.52. The van der Waals surface area contributed by atoms with Gasteiger partial charge in [-0.05, 0) is 55.4 Å². The van der Waals surface area contributed by atoms with Crippen LogP contribution in [0.5, 0.6) is 0 Å². The number of ketones is 1. The molecule has 0 fully saturated rings. The summed E-state index contributed by atoms with van der Waals surface area (Å²) >= 11 is 3.35. The van der Waals surface area contributed by atoms with Crippen LogP contribution in [-0.4, -0.2) is 20.7 Å². The van der Waals surface area contributed by atoms with Crippen molar-refractivity contribution in [3.05, 3.63) is 62.2 Å². The Bertz CT molecular complexity index is 1330. The van der Waals surface area contributed by atoms with E-state index in [1.807, 2.05) is 11.3 Å². The van der Waals surface area contributed by atoms with E-state index in [0.29, 0.717) is 6.42 Å². The van der Waals surface area contributed by atoms with Crippen molar-refractivity contribution < 1.29 is 4.79 Å². The maximum Gasteiger partial charge on any atom is 0.174 e. The van der Waals surface area contributed by atoms with E-state index in [2.05, 4.69) is 60.8 Å². The molecule has 0 atom stereocenters. The molecule has 0 radical (unpaired) electrons. The van der Waals surface area contributed by atoms with E-state index >= 15 is 0 Å². The fourth-order valence-corrected chi connectivity index (χ4v) is 6.56. The molecule has 0 unspecified atom stereocenters. The van der Waals surface area contributed by atoms with Crippen molar-refractivity contribution in [3.8, 4) is 11.3 Å². The van der Waals surface area contributed by atoms with E-state index in [1.165, 1.54) is 51.1 Å². The summed E-state index contributed by atoms with van der Waals surface area (Å²) in [4.78, 5) is 29.7. The second-order valence-electron chi connectivity index (χ2n) is 9.60. The van der Waals surface area contributed by atoms with Gasteiger partial charge in [-0.3, -0.25) is 4.79 Å². The number of fused-ring (bicyclic) bond motifs is 3. The van der Waals surface area contributed by atoms with E-state index in [1.54, 1.807) is 12.5 Å².